The Kier molecular flexibility index (Phi) is 5.07. The second-order valence-electron chi connectivity index (χ2n) is 3.92. The van der Waals surface area contributed by atoms with Gasteiger partial charge in [0.25, 0.3) is 5.91 Å². The quantitative estimate of drug-likeness (QED) is 0.749. The third kappa shape index (κ3) is 3.53. The van der Waals surface area contributed by atoms with Crippen LogP contribution >= 0.6 is 43.5 Å². The number of hydrogen-bond acceptors (Lipinski definition) is 2. The average Bonchev–Trinajstić information content (AvgIpc) is 2.42. The van der Waals surface area contributed by atoms with Crippen LogP contribution in [0.5, 0.6) is 5.75 Å². The Labute approximate surface area is 138 Å². The topological polar surface area (TPSA) is 38.3 Å². The van der Waals surface area contributed by atoms with Crippen LogP contribution in [0.2, 0.25) is 5.02 Å². The monoisotopic (exact) mass is 417 g/mol. The van der Waals surface area contributed by atoms with Gasteiger partial charge in [0.15, 0.2) is 0 Å². The van der Waals surface area contributed by atoms with Gasteiger partial charge >= 0.3 is 0 Å². The molecule has 6 heteroatoms. The Bertz CT molecular complexity index is 662. The molecule has 0 aliphatic heterocycles. The van der Waals surface area contributed by atoms with Crippen LogP contribution in [0.15, 0.2) is 45.3 Å². The fraction of sp³-hybridized carbons (Fsp3) is 0.0714. The summed E-state index contributed by atoms with van der Waals surface area (Å²) in [7, 11) is 1.56. The number of rotatable bonds is 3. The summed E-state index contributed by atoms with van der Waals surface area (Å²) in [4.78, 5) is 12.3. The largest absolute Gasteiger partial charge is 0.497 e. The number of methoxy groups -OCH3 is 1. The summed E-state index contributed by atoms with van der Waals surface area (Å²) >= 11 is 12.6. The van der Waals surface area contributed by atoms with Crippen LogP contribution in [0, 0.1) is 0 Å². The fourth-order valence-corrected chi connectivity index (χ4v) is 2.79. The minimum Gasteiger partial charge on any atom is -0.497 e. The fourth-order valence-electron chi connectivity index (χ4n) is 1.59. The smallest absolute Gasteiger partial charge is 0.256 e. The minimum atomic E-state index is -0.237. The zero-order valence-electron chi connectivity index (χ0n) is 10.4. The number of carbonyl (C=O) groups excluding carboxylic acids is 1. The summed E-state index contributed by atoms with van der Waals surface area (Å²) in [6.45, 7) is 0. The lowest BCUT2D eigenvalue weighted by molar-refractivity contribution is 0.102. The van der Waals surface area contributed by atoms with E-state index in [0.717, 1.165) is 4.47 Å². The van der Waals surface area contributed by atoms with E-state index in [-0.39, 0.29) is 5.91 Å². The molecule has 0 aliphatic carbocycles. The predicted octanol–water partition coefficient (Wildman–Crippen LogP) is 5.13. The first-order valence-electron chi connectivity index (χ1n) is 5.61. The standard InChI is InChI=1S/C14H10Br2ClNO2/c1-20-9-3-4-11(15)10(7-9)14(19)18-13-5-2-8(17)6-12(13)16/h2-7H,1H3,(H,18,19). The molecule has 104 valence electrons. The van der Waals surface area contributed by atoms with Crippen LogP contribution in [0.4, 0.5) is 5.69 Å². The van der Waals surface area contributed by atoms with E-state index >= 15 is 0 Å². The lowest BCUT2D eigenvalue weighted by Crippen LogP contribution is -2.13. The van der Waals surface area contributed by atoms with E-state index in [1.54, 1.807) is 43.5 Å². The molecule has 0 unspecified atom stereocenters. The first-order chi connectivity index (χ1) is 9.51. The molecule has 0 aromatic heterocycles. The van der Waals surface area contributed by atoms with Crippen LogP contribution in [0.25, 0.3) is 0 Å². The highest BCUT2D eigenvalue weighted by atomic mass is 79.9. The summed E-state index contributed by atoms with van der Waals surface area (Å²) < 4.78 is 6.54. The van der Waals surface area contributed by atoms with Gasteiger partial charge < -0.3 is 10.1 Å². The van der Waals surface area contributed by atoms with Crippen LogP contribution in [-0.4, -0.2) is 13.0 Å². The maximum Gasteiger partial charge on any atom is 0.256 e. The molecule has 0 atom stereocenters. The van der Waals surface area contributed by atoms with Crippen molar-refractivity contribution < 1.29 is 9.53 Å². The third-order valence-electron chi connectivity index (χ3n) is 2.60. The van der Waals surface area contributed by atoms with E-state index in [1.807, 2.05) is 0 Å². The van der Waals surface area contributed by atoms with Gasteiger partial charge in [-0.2, -0.15) is 0 Å². The molecule has 2 aromatic carbocycles. The van der Waals surface area contributed by atoms with Gasteiger partial charge in [0.1, 0.15) is 5.75 Å². The summed E-state index contributed by atoms with van der Waals surface area (Å²) in [6.07, 6.45) is 0. The van der Waals surface area contributed by atoms with Gasteiger partial charge in [0.05, 0.1) is 18.4 Å². The number of benzene rings is 2. The Balaban J connectivity index is 2.28. The van der Waals surface area contributed by atoms with Gasteiger partial charge in [-0.1, -0.05) is 11.6 Å². The molecule has 1 N–H and O–H groups in total. The van der Waals surface area contributed by atoms with Crippen molar-refractivity contribution in [1.29, 1.82) is 0 Å². The molecule has 1 amide bonds. The van der Waals surface area contributed by atoms with E-state index in [0.29, 0.717) is 26.5 Å². The highest BCUT2D eigenvalue weighted by Crippen LogP contribution is 2.28. The maximum absolute atomic E-state index is 12.3. The molecule has 0 bridgehead atoms. The van der Waals surface area contributed by atoms with Crippen LogP contribution < -0.4 is 10.1 Å². The first kappa shape index (κ1) is 15.4. The number of amides is 1. The Hall–Kier alpha value is -1.04. The number of anilines is 1. The average molecular weight is 420 g/mol. The molecule has 0 radical (unpaired) electrons. The third-order valence-corrected chi connectivity index (χ3v) is 4.18. The van der Waals surface area contributed by atoms with Gasteiger partial charge in [0, 0.05) is 14.0 Å². The highest BCUT2D eigenvalue weighted by molar-refractivity contribution is 9.11. The number of hydrogen-bond donors (Lipinski definition) is 1. The zero-order valence-corrected chi connectivity index (χ0v) is 14.3. The Morgan fingerprint density at radius 3 is 2.55 bits per heavy atom. The minimum absolute atomic E-state index is 0.237. The molecule has 0 fully saturated rings. The summed E-state index contributed by atoms with van der Waals surface area (Å²) in [5.41, 5.74) is 1.14. The molecule has 20 heavy (non-hydrogen) atoms. The zero-order chi connectivity index (χ0) is 14.7. The summed E-state index contributed by atoms with van der Waals surface area (Å²) in [5, 5.41) is 3.41. The molecule has 0 heterocycles. The van der Waals surface area contributed by atoms with Gasteiger partial charge in [-0.3, -0.25) is 4.79 Å². The van der Waals surface area contributed by atoms with Crippen LogP contribution in [0.3, 0.4) is 0 Å². The number of ether oxygens (including phenoxy) is 1. The van der Waals surface area contributed by atoms with Crippen molar-refractivity contribution >= 4 is 55.1 Å². The predicted molar refractivity (Wildman–Crippen MR) is 87.8 cm³/mol. The SMILES string of the molecule is COc1ccc(Br)c(C(=O)Nc2ccc(Cl)cc2Br)c1. The number of halogens is 3. The van der Waals surface area contributed by atoms with Crippen molar-refractivity contribution in [2.24, 2.45) is 0 Å². The van der Waals surface area contributed by atoms with Gasteiger partial charge in [0.2, 0.25) is 0 Å². The van der Waals surface area contributed by atoms with Crippen LogP contribution in [0.1, 0.15) is 10.4 Å². The van der Waals surface area contributed by atoms with E-state index in [9.17, 15) is 4.79 Å². The van der Waals surface area contributed by atoms with E-state index in [4.69, 9.17) is 16.3 Å². The van der Waals surface area contributed by atoms with Gasteiger partial charge in [-0.25, -0.2) is 0 Å². The summed E-state index contributed by atoms with van der Waals surface area (Å²) in [6, 6.07) is 10.4. The number of carbonyl (C=O) groups is 1. The molecule has 2 rings (SSSR count). The van der Waals surface area contributed by atoms with Crippen molar-refractivity contribution in [3.63, 3.8) is 0 Å². The molecule has 0 saturated carbocycles. The van der Waals surface area contributed by atoms with Crippen molar-refractivity contribution in [3.8, 4) is 5.75 Å². The molecule has 0 aliphatic rings. The van der Waals surface area contributed by atoms with Crippen molar-refractivity contribution in [2.75, 3.05) is 12.4 Å². The van der Waals surface area contributed by atoms with Crippen molar-refractivity contribution in [2.45, 2.75) is 0 Å². The molecule has 2 aromatic rings. The lowest BCUT2D eigenvalue weighted by atomic mass is 10.2. The highest BCUT2D eigenvalue weighted by Gasteiger charge is 2.13. The number of nitrogens with one attached hydrogen (secondary N) is 1. The maximum atomic E-state index is 12.3. The van der Waals surface area contributed by atoms with Crippen molar-refractivity contribution in [3.05, 3.63) is 55.9 Å². The van der Waals surface area contributed by atoms with E-state index in [2.05, 4.69) is 37.2 Å². The Morgan fingerprint density at radius 1 is 1.15 bits per heavy atom. The Morgan fingerprint density at radius 2 is 1.90 bits per heavy atom. The lowest BCUT2D eigenvalue weighted by Gasteiger charge is -2.10. The first-order valence-corrected chi connectivity index (χ1v) is 7.57. The molecule has 3 nitrogen and oxygen atoms in total. The second-order valence-corrected chi connectivity index (χ2v) is 6.07. The van der Waals surface area contributed by atoms with Crippen molar-refractivity contribution in [1.82, 2.24) is 0 Å². The summed E-state index contributed by atoms with van der Waals surface area (Å²) in [5.74, 6) is 0.382. The normalized spacial score (nSPS) is 10.2. The van der Waals surface area contributed by atoms with E-state index in [1.165, 1.54) is 0 Å². The molecule has 0 spiro atoms. The van der Waals surface area contributed by atoms with Gasteiger partial charge in [-0.05, 0) is 68.3 Å². The van der Waals surface area contributed by atoms with Crippen LogP contribution in [-0.2, 0) is 0 Å². The van der Waals surface area contributed by atoms with Gasteiger partial charge in [-0.15, -0.1) is 0 Å². The van der Waals surface area contributed by atoms with E-state index < -0.39 is 0 Å². The molecular weight excluding hydrogens is 409 g/mol. The molecular formula is C14H10Br2ClNO2. The molecule has 0 saturated heterocycles. The second kappa shape index (κ2) is 6.61.